The summed E-state index contributed by atoms with van der Waals surface area (Å²) in [7, 11) is 1.50. The number of rotatable bonds is 7. The molecule has 156 valence electrons. The van der Waals surface area contributed by atoms with Gasteiger partial charge in [0.15, 0.2) is 11.9 Å². The van der Waals surface area contributed by atoms with Crippen molar-refractivity contribution >= 4 is 11.7 Å². The number of Topliss-reactive ketones (excluding diaryl/α,β-unsaturated/α-hetero) is 1. The zero-order chi connectivity index (χ0) is 21.3. The van der Waals surface area contributed by atoms with Crippen LogP contribution in [0.4, 0.5) is 13.2 Å². The Morgan fingerprint density at radius 2 is 1.89 bits per heavy atom. The quantitative estimate of drug-likeness (QED) is 0.694. The standard InChI is InChI=1S/C20H27F3N2O3/c1-11(20(21,22)23)28-17-9-15(25-10-13(17)12-6-7-12)16(26)8-14(18(27)24-5)19(2,3)4/h9-12,14H,6-8H2,1-5H3,(H,24,27)/t11-,14?/m0/s1. The number of carbonyl (C=O) groups excluding carboxylic acids is 2. The Labute approximate surface area is 163 Å². The van der Waals surface area contributed by atoms with Gasteiger partial charge >= 0.3 is 6.18 Å². The average Bonchev–Trinajstić information content (AvgIpc) is 3.41. The summed E-state index contributed by atoms with van der Waals surface area (Å²) in [5.74, 6) is -1.11. The second-order valence-electron chi connectivity index (χ2n) is 8.34. The van der Waals surface area contributed by atoms with Crippen molar-refractivity contribution in [2.75, 3.05) is 7.05 Å². The van der Waals surface area contributed by atoms with Crippen LogP contribution in [0.15, 0.2) is 12.3 Å². The lowest BCUT2D eigenvalue weighted by Crippen LogP contribution is -2.37. The van der Waals surface area contributed by atoms with Crippen LogP contribution in [0.3, 0.4) is 0 Å². The molecule has 0 aliphatic heterocycles. The van der Waals surface area contributed by atoms with Crippen LogP contribution in [0.5, 0.6) is 5.75 Å². The summed E-state index contributed by atoms with van der Waals surface area (Å²) in [4.78, 5) is 29.0. The minimum Gasteiger partial charge on any atom is -0.481 e. The van der Waals surface area contributed by atoms with E-state index in [0.717, 1.165) is 19.8 Å². The molecule has 28 heavy (non-hydrogen) atoms. The van der Waals surface area contributed by atoms with Gasteiger partial charge in [-0.1, -0.05) is 20.8 Å². The molecule has 2 atom stereocenters. The lowest BCUT2D eigenvalue weighted by Gasteiger charge is -2.28. The number of aromatic nitrogens is 1. The number of alkyl halides is 3. The van der Waals surface area contributed by atoms with E-state index in [4.69, 9.17) is 4.74 Å². The van der Waals surface area contributed by atoms with E-state index in [1.807, 2.05) is 20.8 Å². The zero-order valence-corrected chi connectivity index (χ0v) is 16.8. The van der Waals surface area contributed by atoms with Crippen LogP contribution >= 0.6 is 0 Å². The fourth-order valence-electron chi connectivity index (χ4n) is 2.92. The first-order chi connectivity index (χ1) is 12.8. The first kappa shape index (κ1) is 22.2. The Kier molecular flexibility index (Phi) is 6.41. The number of ether oxygens (including phenoxy) is 1. The van der Waals surface area contributed by atoms with Gasteiger partial charge in [0.05, 0.1) is 5.92 Å². The van der Waals surface area contributed by atoms with Crippen molar-refractivity contribution < 1.29 is 27.5 Å². The smallest absolute Gasteiger partial charge is 0.425 e. The van der Waals surface area contributed by atoms with E-state index >= 15 is 0 Å². The predicted octanol–water partition coefficient (Wildman–Crippen LogP) is 4.27. The minimum atomic E-state index is -4.51. The number of ketones is 1. The highest BCUT2D eigenvalue weighted by Gasteiger charge is 2.40. The van der Waals surface area contributed by atoms with E-state index in [2.05, 4.69) is 10.3 Å². The van der Waals surface area contributed by atoms with Crippen molar-refractivity contribution in [1.29, 1.82) is 0 Å². The van der Waals surface area contributed by atoms with Gasteiger partial charge < -0.3 is 10.1 Å². The highest BCUT2D eigenvalue weighted by molar-refractivity contribution is 5.97. The Hall–Kier alpha value is -2.12. The highest BCUT2D eigenvalue weighted by Crippen LogP contribution is 2.45. The highest BCUT2D eigenvalue weighted by atomic mass is 19.4. The molecule has 1 N–H and O–H groups in total. The Morgan fingerprint density at radius 1 is 1.29 bits per heavy atom. The van der Waals surface area contributed by atoms with Crippen molar-refractivity contribution in [2.24, 2.45) is 11.3 Å². The van der Waals surface area contributed by atoms with E-state index in [-0.39, 0.29) is 29.7 Å². The summed E-state index contributed by atoms with van der Waals surface area (Å²) >= 11 is 0. The van der Waals surface area contributed by atoms with Gasteiger partial charge in [-0.2, -0.15) is 13.2 Å². The van der Waals surface area contributed by atoms with E-state index in [9.17, 15) is 22.8 Å². The SMILES string of the molecule is CNC(=O)C(CC(=O)c1cc(O[C@@H](C)C(F)(F)F)c(C2CC2)cn1)C(C)(C)C. The maximum atomic E-state index is 12.9. The molecule has 8 heteroatoms. The van der Waals surface area contributed by atoms with Gasteiger partial charge in [-0.25, -0.2) is 0 Å². The normalized spacial score (nSPS) is 17.0. The summed E-state index contributed by atoms with van der Waals surface area (Å²) in [6.07, 6.45) is -3.46. The van der Waals surface area contributed by atoms with Gasteiger partial charge in [0.1, 0.15) is 11.4 Å². The Balaban J connectivity index is 2.28. The van der Waals surface area contributed by atoms with E-state index < -0.39 is 29.4 Å². The third kappa shape index (κ3) is 5.45. The van der Waals surface area contributed by atoms with Gasteiger partial charge in [0, 0.05) is 31.3 Å². The number of nitrogens with zero attached hydrogens (tertiary/aromatic N) is 1. The van der Waals surface area contributed by atoms with Crippen molar-refractivity contribution in [1.82, 2.24) is 10.3 Å². The van der Waals surface area contributed by atoms with Crippen LogP contribution in [-0.2, 0) is 4.79 Å². The van der Waals surface area contributed by atoms with Gasteiger partial charge in [0.2, 0.25) is 5.91 Å². The Bertz CT molecular complexity index is 737. The molecule has 1 aliphatic rings. The van der Waals surface area contributed by atoms with Crippen molar-refractivity contribution in [3.05, 3.63) is 23.5 Å². The molecule has 1 fully saturated rings. The summed E-state index contributed by atoms with van der Waals surface area (Å²) in [6.45, 7) is 6.48. The molecular weight excluding hydrogens is 373 g/mol. The molecule has 1 amide bonds. The van der Waals surface area contributed by atoms with Crippen LogP contribution in [0, 0.1) is 11.3 Å². The number of pyridine rings is 1. The van der Waals surface area contributed by atoms with Crippen molar-refractivity contribution in [3.63, 3.8) is 0 Å². The fraction of sp³-hybridized carbons (Fsp3) is 0.650. The maximum Gasteiger partial charge on any atom is 0.425 e. The largest absolute Gasteiger partial charge is 0.481 e. The number of amides is 1. The maximum absolute atomic E-state index is 12.9. The molecule has 1 saturated carbocycles. The molecule has 1 aromatic rings. The molecule has 0 aromatic carbocycles. The minimum absolute atomic E-state index is 0.00641. The number of hydrogen-bond donors (Lipinski definition) is 1. The molecule has 0 radical (unpaired) electrons. The Morgan fingerprint density at radius 3 is 2.36 bits per heavy atom. The predicted molar refractivity (Wildman–Crippen MR) is 98.3 cm³/mol. The van der Waals surface area contributed by atoms with Crippen LogP contribution < -0.4 is 10.1 Å². The third-order valence-corrected chi connectivity index (χ3v) is 4.96. The molecule has 0 saturated heterocycles. The second-order valence-corrected chi connectivity index (χ2v) is 8.34. The van der Waals surface area contributed by atoms with E-state index in [0.29, 0.717) is 5.56 Å². The lowest BCUT2D eigenvalue weighted by molar-refractivity contribution is -0.189. The summed E-state index contributed by atoms with van der Waals surface area (Å²) < 4.78 is 43.9. The molecule has 1 heterocycles. The number of halogens is 3. The second kappa shape index (κ2) is 8.09. The fourth-order valence-corrected chi connectivity index (χ4v) is 2.92. The third-order valence-electron chi connectivity index (χ3n) is 4.96. The molecule has 1 aromatic heterocycles. The van der Waals surface area contributed by atoms with Gasteiger partial charge in [-0.3, -0.25) is 14.6 Å². The van der Waals surface area contributed by atoms with Crippen molar-refractivity contribution in [3.8, 4) is 5.75 Å². The molecule has 1 aliphatic carbocycles. The summed E-state index contributed by atoms with van der Waals surface area (Å²) in [5, 5.41) is 2.55. The topological polar surface area (TPSA) is 68.3 Å². The number of carbonyl (C=O) groups is 2. The van der Waals surface area contributed by atoms with Gasteiger partial charge in [-0.05, 0) is 31.1 Å². The molecule has 0 bridgehead atoms. The van der Waals surface area contributed by atoms with Crippen LogP contribution in [0.2, 0.25) is 0 Å². The van der Waals surface area contributed by atoms with Crippen LogP contribution in [0.25, 0.3) is 0 Å². The first-order valence-electron chi connectivity index (χ1n) is 9.32. The number of nitrogens with one attached hydrogen (secondary N) is 1. The first-order valence-corrected chi connectivity index (χ1v) is 9.32. The molecular formula is C20H27F3N2O3. The van der Waals surface area contributed by atoms with Gasteiger partial charge in [0.25, 0.3) is 0 Å². The van der Waals surface area contributed by atoms with Crippen LogP contribution in [0.1, 0.15) is 68.9 Å². The summed E-state index contributed by atoms with van der Waals surface area (Å²) in [5.41, 5.74) is 0.131. The summed E-state index contributed by atoms with van der Waals surface area (Å²) in [6, 6.07) is 1.28. The zero-order valence-electron chi connectivity index (χ0n) is 16.8. The lowest BCUT2D eigenvalue weighted by atomic mass is 9.77. The monoisotopic (exact) mass is 400 g/mol. The average molecular weight is 400 g/mol. The molecule has 5 nitrogen and oxygen atoms in total. The molecule has 1 unspecified atom stereocenters. The van der Waals surface area contributed by atoms with Crippen molar-refractivity contribution in [2.45, 2.75) is 65.2 Å². The number of hydrogen-bond acceptors (Lipinski definition) is 4. The molecule has 0 spiro atoms. The van der Waals surface area contributed by atoms with Gasteiger partial charge in [-0.15, -0.1) is 0 Å². The van der Waals surface area contributed by atoms with E-state index in [1.54, 1.807) is 0 Å². The van der Waals surface area contributed by atoms with Crippen LogP contribution in [-0.4, -0.2) is 36.0 Å². The molecule has 2 rings (SSSR count). The van der Waals surface area contributed by atoms with E-state index in [1.165, 1.54) is 19.3 Å².